The molecule has 0 bridgehead atoms. The molecule has 1 aliphatic rings. The van der Waals surface area contributed by atoms with Gasteiger partial charge in [0, 0.05) is 6.04 Å². The molecule has 2 rings (SSSR count). The Balaban J connectivity index is 1.83. The van der Waals surface area contributed by atoms with Crippen LogP contribution in [0.1, 0.15) is 50.7 Å². The largest absolute Gasteiger partial charge is 0.482 e. The third kappa shape index (κ3) is 5.27. The van der Waals surface area contributed by atoms with E-state index in [-0.39, 0.29) is 18.6 Å². The smallest absolute Gasteiger partial charge is 0.344 e. The summed E-state index contributed by atoms with van der Waals surface area (Å²) in [4.78, 5) is 23.6. The van der Waals surface area contributed by atoms with Gasteiger partial charge in [0.25, 0.3) is 5.91 Å². The van der Waals surface area contributed by atoms with Crippen LogP contribution in [0.3, 0.4) is 0 Å². The van der Waals surface area contributed by atoms with Crippen molar-refractivity contribution in [3.8, 4) is 5.75 Å². The van der Waals surface area contributed by atoms with Gasteiger partial charge in [-0.25, -0.2) is 4.79 Å². The topological polar surface area (TPSA) is 64.6 Å². The Kier molecular flexibility index (Phi) is 5.64. The second kappa shape index (κ2) is 7.49. The molecule has 0 radical (unpaired) electrons. The van der Waals surface area contributed by atoms with Gasteiger partial charge in [-0.3, -0.25) is 4.79 Å². The van der Waals surface area contributed by atoms with Crippen LogP contribution in [0.4, 0.5) is 0 Å². The zero-order chi connectivity index (χ0) is 17.0. The number of aryl methyl sites for hydroxylation is 1. The first-order valence-electron chi connectivity index (χ1n) is 8.10. The zero-order valence-electron chi connectivity index (χ0n) is 14.2. The summed E-state index contributed by atoms with van der Waals surface area (Å²) in [6.45, 7) is 7.49. The Labute approximate surface area is 137 Å². The standard InChI is InChI=1S/C18H25NO4/c1-11(2)14-6-5-12(3)16(9-14)22-10-17(20)23-13(4)18(21)19-15-7-8-15/h5-6,9,11,13,15H,7-8,10H2,1-4H3,(H,19,21)/t13-/m1/s1. The van der Waals surface area contributed by atoms with Crippen molar-refractivity contribution in [3.63, 3.8) is 0 Å². The number of esters is 1. The van der Waals surface area contributed by atoms with Crippen LogP contribution in [0, 0.1) is 6.92 Å². The normalized spacial score (nSPS) is 15.2. The predicted octanol–water partition coefficient (Wildman–Crippen LogP) is 2.71. The van der Waals surface area contributed by atoms with Crippen molar-refractivity contribution in [1.29, 1.82) is 0 Å². The van der Waals surface area contributed by atoms with Crippen molar-refractivity contribution in [3.05, 3.63) is 29.3 Å². The Bertz CT molecular complexity index is 578. The SMILES string of the molecule is Cc1ccc(C(C)C)cc1OCC(=O)O[C@H](C)C(=O)NC1CC1. The van der Waals surface area contributed by atoms with Gasteiger partial charge in [-0.05, 0) is 49.8 Å². The van der Waals surface area contributed by atoms with Gasteiger partial charge in [0.15, 0.2) is 12.7 Å². The Morgan fingerprint density at radius 1 is 1.26 bits per heavy atom. The van der Waals surface area contributed by atoms with Gasteiger partial charge < -0.3 is 14.8 Å². The molecular weight excluding hydrogens is 294 g/mol. The van der Waals surface area contributed by atoms with Gasteiger partial charge in [-0.1, -0.05) is 26.0 Å². The average Bonchev–Trinajstić information content (AvgIpc) is 3.29. The first kappa shape index (κ1) is 17.3. The second-order valence-corrected chi connectivity index (χ2v) is 6.38. The van der Waals surface area contributed by atoms with E-state index in [0.29, 0.717) is 11.7 Å². The lowest BCUT2D eigenvalue weighted by Crippen LogP contribution is -2.37. The van der Waals surface area contributed by atoms with E-state index in [1.165, 1.54) is 0 Å². The van der Waals surface area contributed by atoms with Gasteiger partial charge in [-0.2, -0.15) is 0 Å². The number of rotatable bonds is 7. The molecular formula is C18H25NO4. The first-order valence-corrected chi connectivity index (χ1v) is 8.10. The molecule has 126 valence electrons. The van der Waals surface area contributed by atoms with Crippen LogP contribution in [-0.4, -0.2) is 30.6 Å². The molecule has 0 unspecified atom stereocenters. The summed E-state index contributed by atoms with van der Waals surface area (Å²) in [5.41, 5.74) is 2.11. The van der Waals surface area contributed by atoms with Crippen molar-refractivity contribution >= 4 is 11.9 Å². The second-order valence-electron chi connectivity index (χ2n) is 6.38. The van der Waals surface area contributed by atoms with E-state index in [9.17, 15) is 9.59 Å². The molecule has 1 aromatic rings. The number of benzene rings is 1. The fraction of sp³-hybridized carbons (Fsp3) is 0.556. The Morgan fingerprint density at radius 3 is 2.57 bits per heavy atom. The van der Waals surface area contributed by atoms with E-state index in [1.807, 2.05) is 19.1 Å². The van der Waals surface area contributed by atoms with Crippen molar-refractivity contribution in [2.75, 3.05) is 6.61 Å². The maximum absolute atomic E-state index is 11.8. The van der Waals surface area contributed by atoms with Crippen LogP contribution in [0.15, 0.2) is 18.2 Å². The quantitative estimate of drug-likeness (QED) is 0.785. The van der Waals surface area contributed by atoms with Crippen LogP contribution >= 0.6 is 0 Å². The molecule has 1 fully saturated rings. The van der Waals surface area contributed by atoms with E-state index in [2.05, 4.69) is 25.2 Å². The molecule has 23 heavy (non-hydrogen) atoms. The summed E-state index contributed by atoms with van der Waals surface area (Å²) in [5.74, 6) is 0.260. The molecule has 0 aromatic heterocycles. The molecule has 5 heteroatoms. The zero-order valence-corrected chi connectivity index (χ0v) is 14.2. The molecule has 1 aromatic carbocycles. The van der Waals surface area contributed by atoms with Gasteiger partial charge >= 0.3 is 5.97 Å². The number of nitrogens with one attached hydrogen (secondary N) is 1. The number of carbonyl (C=O) groups is 2. The molecule has 0 spiro atoms. The number of hydrogen-bond donors (Lipinski definition) is 1. The van der Waals surface area contributed by atoms with Gasteiger partial charge in [0.1, 0.15) is 5.75 Å². The lowest BCUT2D eigenvalue weighted by molar-refractivity contribution is -0.156. The molecule has 0 aliphatic heterocycles. The highest BCUT2D eigenvalue weighted by Gasteiger charge is 2.27. The van der Waals surface area contributed by atoms with Crippen molar-refractivity contribution < 1.29 is 19.1 Å². The van der Waals surface area contributed by atoms with Crippen LogP contribution < -0.4 is 10.1 Å². The summed E-state index contributed by atoms with van der Waals surface area (Å²) in [6, 6.07) is 6.22. The lowest BCUT2D eigenvalue weighted by Gasteiger charge is -2.15. The number of carbonyl (C=O) groups excluding carboxylic acids is 2. The van der Waals surface area contributed by atoms with Gasteiger partial charge in [0.2, 0.25) is 0 Å². The van der Waals surface area contributed by atoms with E-state index in [0.717, 1.165) is 24.0 Å². The highest BCUT2D eigenvalue weighted by atomic mass is 16.6. The molecule has 0 saturated heterocycles. The van der Waals surface area contributed by atoms with E-state index < -0.39 is 12.1 Å². The predicted molar refractivity (Wildman–Crippen MR) is 87.5 cm³/mol. The maximum atomic E-state index is 11.8. The average molecular weight is 319 g/mol. The summed E-state index contributed by atoms with van der Waals surface area (Å²) in [7, 11) is 0. The first-order chi connectivity index (χ1) is 10.9. The maximum Gasteiger partial charge on any atom is 0.344 e. The van der Waals surface area contributed by atoms with Crippen LogP contribution in [0.2, 0.25) is 0 Å². The molecule has 5 nitrogen and oxygen atoms in total. The molecule has 1 aliphatic carbocycles. The van der Waals surface area contributed by atoms with Crippen molar-refractivity contribution in [2.45, 2.75) is 58.6 Å². The van der Waals surface area contributed by atoms with Gasteiger partial charge in [-0.15, -0.1) is 0 Å². The molecule has 1 saturated carbocycles. The number of amides is 1. The van der Waals surface area contributed by atoms with E-state index in [4.69, 9.17) is 9.47 Å². The summed E-state index contributed by atoms with van der Waals surface area (Å²) >= 11 is 0. The van der Waals surface area contributed by atoms with E-state index >= 15 is 0 Å². The fourth-order valence-electron chi connectivity index (χ4n) is 2.10. The minimum absolute atomic E-state index is 0.205. The minimum Gasteiger partial charge on any atom is -0.482 e. The van der Waals surface area contributed by atoms with Crippen molar-refractivity contribution in [1.82, 2.24) is 5.32 Å². The minimum atomic E-state index is -0.796. The van der Waals surface area contributed by atoms with E-state index in [1.54, 1.807) is 6.92 Å². The third-order valence-corrected chi connectivity index (χ3v) is 3.83. The molecule has 1 N–H and O–H groups in total. The fourth-order valence-corrected chi connectivity index (χ4v) is 2.10. The molecule has 0 heterocycles. The van der Waals surface area contributed by atoms with Crippen LogP contribution in [0.5, 0.6) is 5.75 Å². The molecule has 1 amide bonds. The highest BCUT2D eigenvalue weighted by Crippen LogP contribution is 2.24. The van der Waals surface area contributed by atoms with Crippen LogP contribution in [0.25, 0.3) is 0 Å². The Morgan fingerprint density at radius 2 is 1.96 bits per heavy atom. The number of ether oxygens (including phenoxy) is 2. The molecule has 1 atom stereocenters. The highest BCUT2D eigenvalue weighted by molar-refractivity contribution is 5.84. The van der Waals surface area contributed by atoms with Gasteiger partial charge in [0.05, 0.1) is 0 Å². The summed E-state index contributed by atoms with van der Waals surface area (Å²) in [6.07, 6.45) is 1.21. The number of hydrogen-bond acceptors (Lipinski definition) is 4. The van der Waals surface area contributed by atoms with Crippen LogP contribution in [-0.2, 0) is 14.3 Å². The lowest BCUT2D eigenvalue weighted by atomic mass is 10.0. The Hall–Kier alpha value is -2.04. The summed E-state index contributed by atoms with van der Waals surface area (Å²) in [5, 5.41) is 2.80. The third-order valence-electron chi connectivity index (χ3n) is 3.83. The van der Waals surface area contributed by atoms with Crippen molar-refractivity contribution in [2.24, 2.45) is 0 Å². The summed E-state index contributed by atoms with van der Waals surface area (Å²) < 4.78 is 10.7. The monoisotopic (exact) mass is 319 g/mol.